The van der Waals surface area contributed by atoms with Gasteiger partial charge in [-0.3, -0.25) is 14.5 Å². The van der Waals surface area contributed by atoms with Crippen LogP contribution in [0.3, 0.4) is 0 Å². The number of thiol groups is 1. The number of fused-ring (bicyclic) bond motifs is 1. The first-order valence-electron chi connectivity index (χ1n) is 12.6. The van der Waals surface area contributed by atoms with Crippen molar-refractivity contribution >= 4 is 41.9 Å². The van der Waals surface area contributed by atoms with Gasteiger partial charge >= 0.3 is 12.0 Å². The normalized spacial score (nSPS) is 17.3. The number of nitrogens with one attached hydrogen (secondary N) is 2. The van der Waals surface area contributed by atoms with Gasteiger partial charge in [0.15, 0.2) is 0 Å². The number of carbonyl (C=O) groups excluding carboxylic acids is 3. The van der Waals surface area contributed by atoms with E-state index < -0.39 is 23.6 Å². The van der Waals surface area contributed by atoms with Gasteiger partial charge in [-0.05, 0) is 62.1 Å². The lowest BCUT2D eigenvalue weighted by molar-refractivity contribution is -0.153. The van der Waals surface area contributed by atoms with E-state index in [1.54, 1.807) is 26.8 Å². The Morgan fingerprint density at radius 2 is 1.71 bits per heavy atom. The van der Waals surface area contributed by atoms with Crippen LogP contribution in [0.2, 0.25) is 0 Å². The number of anilines is 2. The van der Waals surface area contributed by atoms with Crippen molar-refractivity contribution < 1.29 is 19.1 Å². The lowest BCUT2D eigenvalue weighted by Crippen LogP contribution is -2.51. The molecule has 1 aliphatic rings. The minimum atomic E-state index is -0.886. The van der Waals surface area contributed by atoms with Crippen molar-refractivity contribution in [3.05, 3.63) is 95.6 Å². The Bertz CT molecular complexity index is 1310. The van der Waals surface area contributed by atoms with Crippen molar-refractivity contribution in [3.8, 4) is 0 Å². The average Bonchev–Trinajstić information content (AvgIpc) is 2.99. The van der Waals surface area contributed by atoms with Crippen LogP contribution in [0.4, 0.5) is 16.2 Å². The van der Waals surface area contributed by atoms with E-state index in [1.165, 1.54) is 4.90 Å². The fraction of sp³-hybridized carbons (Fsp3) is 0.300. The fourth-order valence-electron chi connectivity index (χ4n) is 4.66. The van der Waals surface area contributed by atoms with E-state index >= 15 is 0 Å². The number of carbonyl (C=O) groups is 3. The Morgan fingerprint density at radius 1 is 1.00 bits per heavy atom. The maximum Gasteiger partial charge on any atom is 0.326 e. The molecule has 8 heteroatoms. The van der Waals surface area contributed by atoms with Crippen LogP contribution in [0, 0.1) is 0 Å². The Labute approximate surface area is 229 Å². The van der Waals surface area contributed by atoms with Crippen molar-refractivity contribution in [3.63, 3.8) is 0 Å². The molecule has 3 amide bonds. The zero-order valence-corrected chi connectivity index (χ0v) is 22.7. The molecule has 4 rings (SSSR count). The molecule has 3 aromatic rings. The molecule has 0 saturated heterocycles. The van der Waals surface area contributed by atoms with Gasteiger partial charge in [0.25, 0.3) is 0 Å². The molecule has 2 N–H and O–H groups in total. The number of hydrogen-bond donors (Lipinski definition) is 3. The van der Waals surface area contributed by atoms with Gasteiger partial charge in [-0.25, -0.2) is 4.79 Å². The van der Waals surface area contributed by atoms with Crippen LogP contribution >= 0.6 is 12.6 Å². The van der Waals surface area contributed by atoms with E-state index in [0.29, 0.717) is 23.5 Å². The topological polar surface area (TPSA) is 87.7 Å². The number of amides is 3. The second kappa shape index (κ2) is 11.7. The van der Waals surface area contributed by atoms with Gasteiger partial charge in [-0.15, -0.1) is 0 Å². The number of rotatable bonds is 6. The van der Waals surface area contributed by atoms with Gasteiger partial charge in [0.05, 0.1) is 0 Å². The summed E-state index contributed by atoms with van der Waals surface area (Å²) in [5.41, 5.74) is 3.41. The summed E-state index contributed by atoms with van der Waals surface area (Å²) in [6.45, 7) is 5.09. The molecule has 0 bridgehead atoms. The van der Waals surface area contributed by atoms with Crippen LogP contribution in [-0.4, -0.2) is 36.1 Å². The molecule has 0 aliphatic carbocycles. The maximum absolute atomic E-state index is 13.9. The predicted octanol–water partition coefficient (Wildman–Crippen LogP) is 5.52. The van der Waals surface area contributed by atoms with Gasteiger partial charge in [0, 0.05) is 23.0 Å². The van der Waals surface area contributed by atoms with Gasteiger partial charge in [-0.1, -0.05) is 60.7 Å². The molecule has 1 aliphatic heterocycles. The lowest BCUT2D eigenvalue weighted by atomic mass is 9.86. The first kappa shape index (κ1) is 27.3. The SMILES string of the molecule is CC(C)(C)OC(=O)CN1C(=O)C(NC(=O)Nc2cccc(CS)c2)CC(c2ccccc2)c2ccccc21. The third kappa shape index (κ3) is 6.75. The molecule has 2 unspecified atom stereocenters. The van der Waals surface area contributed by atoms with Crippen LogP contribution in [0.25, 0.3) is 0 Å². The van der Waals surface area contributed by atoms with Crippen molar-refractivity contribution in [2.45, 2.75) is 50.5 Å². The van der Waals surface area contributed by atoms with E-state index in [-0.39, 0.29) is 18.4 Å². The molecule has 38 heavy (non-hydrogen) atoms. The Kier molecular flexibility index (Phi) is 8.42. The summed E-state index contributed by atoms with van der Waals surface area (Å²) in [4.78, 5) is 41.3. The highest BCUT2D eigenvalue weighted by molar-refractivity contribution is 7.79. The van der Waals surface area contributed by atoms with Crippen molar-refractivity contribution in [2.75, 3.05) is 16.8 Å². The second-order valence-electron chi connectivity index (χ2n) is 10.3. The van der Waals surface area contributed by atoms with E-state index in [9.17, 15) is 14.4 Å². The maximum atomic E-state index is 13.9. The number of urea groups is 1. The highest BCUT2D eigenvalue weighted by Crippen LogP contribution is 2.39. The first-order chi connectivity index (χ1) is 18.1. The third-order valence-electron chi connectivity index (χ3n) is 6.22. The molecule has 0 spiro atoms. The van der Waals surface area contributed by atoms with Crippen molar-refractivity contribution in [2.24, 2.45) is 0 Å². The monoisotopic (exact) mass is 531 g/mol. The Balaban J connectivity index is 1.68. The molecule has 1 heterocycles. The summed E-state index contributed by atoms with van der Waals surface area (Å²) >= 11 is 4.29. The van der Waals surface area contributed by atoms with Crippen LogP contribution in [0.15, 0.2) is 78.9 Å². The largest absolute Gasteiger partial charge is 0.459 e. The van der Waals surface area contributed by atoms with Crippen LogP contribution in [-0.2, 0) is 20.1 Å². The number of benzene rings is 3. The van der Waals surface area contributed by atoms with Crippen molar-refractivity contribution in [1.29, 1.82) is 0 Å². The third-order valence-corrected chi connectivity index (χ3v) is 6.59. The summed E-state index contributed by atoms with van der Waals surface area (Å²) in [7, 11) is 0. The summed E-state index contributed by atoms with van der Waals surface area (Å²) in [6, 6.07) is 23.4. The highest BCUT2D eigenvalue weighted by atomic mass is 32.1. The lowest BCUT2D eigenvalue weighted by Gasteiger charge is -2.27. The summed E-state index contributed by atoms with van der Waals surface area (Å²) < 4.78 is 5.53. The van der Waals surface area contributed by atoms with Gasteiger partial charge in [0.2, 0.25) is 5.91 Å². The highest BCUT2D eigenvalue weighted by Gasteiger charge is 2.38. The number of esters is 1. The molecule has 2 atom stereocenters. The molecule has 3 aromatic carbocycles. The van der Waals surface area contributed by atoms with E-state index in [0.717, 1.165) is 16.7 Å². The Hall–Kier alpha value is -3.78. The number of para-hydroxylation sites is 1. The standard InChI is InChI=1S/C30H33N3O4S/c1-30(2,3)37-27(34)18-33-26-15-8-7-14-23(26)24(21-11-5-4-6-12-21)17-25(28(33)35)32-29(36)31-22-13-9-10-20(16-22)19-38/h4-16,24-25,38H,17-19H2,1-3H3,(H2,31,32,36). The number of ether oxygens (including phenoxy) is 1. The molecule has 0 fully saturated rings. The smallest absolute Gasteiger partial charge is 0.326 e. The molecule has 198 valence electrons. The summed E-state index contributed by atoms with van der Waals surface area (Å²) in [6.07, 6.45) is 0.328. The van der Waals surface area contributed by atoms with Gasteiger partial charge in [0.1, 0.15) is 18.2 Å². The second-order valence-corrected chi connectivity index (χ2v) is 10.6. The van der Waals surface area contributed by atoms with Gasteiger partial charge < -0.3 is 15.4 Å². The quantitative estimate of drug-likeness (QED) is 0.289. The molecule has 0 saturated carbocycles. The van der Waals surface area contributed by atoms with Crippen molar-refractivity contribution in [1.82, 2.24) is 5.32 Å². The van der Waals surface area contributed by atoms with Gasteiger partial charge in [-0.2, -0.15) is 12.6 Å². The van der Waals surface area contributed by atoms with E-state index in [4.69, 9.17) is 4.74 Å². The molecular weight excluding hydrogens is 498 g/mol. The molecular formula is C30H33N3O4S. The van der Waals surface area contributed by atoms with Crippen LogP contribution in [0.1, 0.15) is 49.8 Å². The zero-order valence-electron chi connectivity index (χ0n) is 21.8. The Morgan fingerprint density at radius 3 is 2.42 bits per heavy atom. The molecule has 0 aromatic heterocycles. The molecule has 7 nitrogen and oxygen atoms in total. The predicted molar refractivity (Wildman–Crippen MR) is 153 cm³/mol. The number of hydrogen-bond acceptors (Lipinski definition) is 5. The minimum Gasteiger partial charge on any atom is -0.459 e. The molecule has 0 radical (unpaired) electrons. The van der Waals surface area contributed by atoms with E-state index in [1.807, 2.05) is 72.8 Å². The first-order valence-corrected chi connectivity index (χ1v) is 13.2. The van der Waals surface area contributed by atoms with Crippen LogP contribution < -0.4 is 15.5 Å². The summed E-state index contributed by atoms with van der Waals surface area (Å²) in [5.74, 6) is -0.543. The zero-order chi connectivity index (χ0) is 27.3. The fourth-order valence-corrected chi connectivity index (χ4v) is 4.86. The summed E-state index contributed by atoms with van der Waals surface area (Å²) in [5, 5.41) is 5.69. The number of nitrogens with zero attached hydrogens (tertiary/aromatic N) is 1. The minimum absolute atomic E-state index is 0.183. The van der Waals surface area contributed by atoms with E-state index in [2.05, 4.69) is 23.3 Å². The van der Waals surface area contributed by atoms with Crippen LogP contribution in [0.5, 0.6) is 0 Å². The average molecular weight is 532 g/mol.